The molecule has 2 N–H and O–H groups in total. The van der Waals surface area contributed by atoms with E-state index >= 15 is 0 Å². The molecule has 3 amide bonds. The van der Waals surface area contributed by atoms with Crippen molar-refractivity contribution in [1.29, 1.82) is 0 Å². The lowest BCUT2D eigenvalue weighted by molar-refractivity contribution is -0.189. The molecule has 7 nitrogen and oxygen atoms in total. The number of alkyl halides is 3. The molecule has 0 radical (unpaired) electrons. The van der Waals surface area contributed by atoms with Gasteiger partial charge in [-0.1, -0.05) is 24.3 Å². The van der Waals surface area contributed by atoms with Gasteiger partial charge in [-0.2, -0.15) is 13.2 Å². The van der Waals surface area contributed by atoms with E-state index in [0.717, 1.165) is 24.8 Å². The highest BCUT2D eigenvalue weighted by molar-refractivity contribution is 5.92. The van der Waals surface area contributed by atoms with Crippen molar-refractivity contribution < 1.29 is 27.6 Å². The second-order valence-electron chi connectivity index (χ2n) is 9.13. The average Bonchev–Trinajstić information content (AvgIpc) is 2.98. The molecule has 188 valence electrons. The molecule has 10 heteroatoms. The van der Waals surface area contributed by atoms with Gasteiger partial charge in [0, 0.05) is 19.1 Å². The van der Waals surface area contributed by atoms with Crippen LogP contribution in [-0.2, 0) is 20.8 Å². The first-order chi connectivity index (χ1) is 16.1. The smallest absolute Gasteiger partial charge is 0.348 e. The third-order valence-electron chi connectivity index (χ3n) is 6.63. The van der Waals surface area contributed by atoms with E-state index in [-0.39, 0.29) is 38.0 Å². The molecule has 0 bridgehead atoms. The number of aryl methyl sites for hydroxylation is 1. The summed E-state index contributed by atoms with van der Waals surface area (Å²) in [7, 11) is 1.58. The normalized spacial score (nSPS) is 21.9. The number of likely N-dealkylation sites (tertiary alicyclic amines) is 1. The van der Waals surface area contributed by atoms with Crippen LogP contribution >= 0.6 is 0 Å². The van der Waals surface area contributed by atoms with E-state index in [4.69, 9.17) is 0 Å². The number of hydrogen-bond donors (Lipinski definition) is 2. The predicted octanol–water partition coefficient (Wildman–Crippen LogP) is 2.56. The van der Waals surface area contributed by atoms with Gasteiger partial charge in [-0.3, -0.25) is 14.4 Å². The van der Waals surface area contributed by atoms with E-state index in [0.29, 0.717) is 17.7 Å². The van der Waals surface area contributed by atoms with Gasteiger partial charge in [0.05, 0.1) is 12.6 Å². The first-order valence-electron chi connectivity index (χ1n) is 11.8. The van der Waals surface area contributed by atoms with E-state index < -0.39 is 30.1 Å². The number of rotatable bonds is 7. The van der Waals surface area contributed by atoms with Crippen molar-refractivity contribution in [3.05, 3.63) is 35.4 Å². The number of nitrogens with zero attached hydrogens (tertiary/aromatic N) is 2. The maximum absolute atomic E-state index is 13.3. The van der Waals surface area contributed by atoms with Crippen molar-refractivity contribution >= 4 is 17.7 Å². The molecular formula is C24H33F3N4O3. The average molecular weight is 483 g/mol. The van der Waals surface area contributed by atoms with Crippen LogP contribution in [0, 0.1) is 0 Å². The second kappa shape index (κ2) is 11.2. The molecule has 3 atom stereocenters. The molecule has 1 aliphatic carbocycles. The van der Waals surface area contributed by atoms with Crippen molar-refractivity contribution in [3.8, 4) is 0 Å². The van der Waals surface area contributed by atoms with Crippen molar-refractivity contribution in [3.63, 3.8) is 0 Å². The molecule has 1 aliphatic heterocycles. The van der Waals surface area contributed by atoms with Crippen LogP contribution in [0.25, 0.3) is 0 Å². The van der Waals surface area contributed by atoms with E-state index in [1.54, 1.807) is 14.0 Å². The molecule has 1 heterocycles. The lowest BCUT2D eigenvalue weighted by Gasteiger charge is -2.35. The fraction of sp³-hybridized carbons (Fsp3) is 0.625. The van der Waals surface area contributed by atoms with E-state index in [2.05, 4.69) is 10.6 Å². The minimum absolute atomic E-state index is 0.130. The number of carbonyl (C=O) groups excluding carboxylic acids is 3. The van der Waals surface area contributed by atoms with Crippen LogP contribution in [0.3, 0.4) is 0 Å². The Labute approximate surface area is 198 Å². The van der Waals surface area contributed by atoms with Gasteiger partial charge in [-0.25, -0.2) is 0 Å². The summed E-state index contributed by atoms with van der Waals surface area (Å²) in [6, 6.07) is 6.05. The van der Waals surface area contributed by atoms with Crippen molar-refractivity contribution in [2.45, 2.75) is 69.8 Å². The third-order valence-corrected chi connectivity index (χ3v) is 6.63. The van der Waals surface area contributed by atoms with Crippen molar-refractivity contribution in [2.75, 3.05) is 26.7 Å². The molecule has 0 spiro atoms. The predicted molar refractivity (Wildman–Crippen MR) is 121 cm³/mol. The Morgan fingerprint density at radius 3 is 2.62 bits per heavy atom. The molecule has 3 unspecified atom stereocenters. The number of amides is 3. The highest BCUT2D eigenvalue weighted by atomic mass is 19.4. The summed E-state index contributed by atoms with van der Waals surface area (Å²) in [5, 5.41) is 5.81. The molecule has 1 saturated heterocycles. The zero-order chi connectivity index (χ0) is 24.9. The zero-order valence-electron chi connectivity index (χ0n) is 19.7. The van der Waals surface area contributed by atoms with E-state index in [1.165, 1.54) is 10.5 Å². The summed E-state index contributed by atoms with van der Waals surface area (Å²) in [5.74, 6) is -3.00. The molecule has 1 aromatic carbocycles. The van der Waals surface area contributed by atoms with Crippen LogP contribution < -0.4 is 10.6 Å². The first-order valence-corrected chi connectivity index (χ1v) is 11.8. The van der Waals surface area contributed by atoms with Crippen LogP contribution in [0.15, 0.2) is 24.3 Å². The van der Waals surface area contributed by atoms with Gasteiger partial charge in [0.25, 0.3) is 0 Å². The van der Waals surface area contributed by atoms with Crippen LogP contribution in [0.4, 0.5) is 13.2 Å². The number of hydrogen-bond acceptors (Lipinski definition) is 4. The van der Waals surface area contributed by atoms with Gasteiger partial charge in [-0.05, 0) is 63.6 Å². The maximum atomic E-state index is 13.3. The number of fused-ring (bicyclic) bond motifs is 1. The van der Waals surface area contributed by atoms with Crippen LogP contribution in [0.1, 0.15) is 56.2 Å². The molecule has 3 rings (SSSR count). The molecule has 1 aromatic rings. The number of carbonyl (C=O) groups is 3. The van der Waals surface area contributed by atoms with E-state index in [1.807, 2.05) is 24.3 Å². The van der Waals surface area contributed by atoms with Gasteiger partial charge in [-0.15, -0.1) is 0 Å². The molecular weight excluding hydrogens is 449 g/mol. The SMILES string of the molecule is CNC(C)CN(C(=O)C(F)(F)F)C1CCCCN(CC(=O)NC2CCCc3ccccc32)C1=O. The second-order valence-corrected chi connectivity index (χ2v) is 9.13. The van der Waals surface area contributed by atoms with Gasteiger partial charge >= 0.3 is 12.1 Å². The van der Waals surface area contributed by atoms with Crippen LogP contribution in [0.5, 0.6) is 0 Å². The van der Waals surface area contributed by atoms with Gasteiger partial charge in [0.2, 0.25) is 11.8 Å². The Morgan fingerprint density at radius 1 is 1.18 bits per heavy atom. The fourth-order valence-corrected chi connectivity index (χ4v) is 4.75. The van der Waals surface area contributed by atoms with Crippen LogP contribution in [0.2, 0.25) is 0 Å². The van der Waals surface area contributed by atoms with Crippen molar-refractivity contribution in [2.24, 2.45) is 0 Å². The standard InChI is InChI=1S/C24H33F3N4O3/c1-16(28-2)14-31(23(34)24(25,26)27)20-12-5-6-13-30(22(20)33)15-21(32)29-19-11-7-9-17-8-3-4-10-18(17)19/h3-4,8,10,16,19-20,28H,5-7,9,11-15H2,1-2H3,(H,29,32). The highest BCUT2D eigenvalue weighted by Gasteiger charge is 2.47. The lowest BCUT2D eigenvalue weighted by Crippen LogP contribution is -2.57. The summed E-state index contributed by atoms with van der Waals surface area (Å²) in [6.45, 7) is 1.40. The molecule has 1 fully saturated rings. The minimum atomic E-state index is -5.09. The molecule has 2 aliphatic rings. The Kier molecular flexibility index (Phi) is 8.57. The third kappa shape index (κ3) is 6.28. The maximum Gasteiger partial charge on any atom is 0.471 e. The quantitative estimate of drug-likeness (QED) is 0.626. The zero-order valence-corrected chi connectivity index (χ0v) is 19.7. The van der Waals surface area contributed by atoms with E-state index in [9.17, 15) is 27.6 Å². The fourth-order valence-electron chi connectivity index (χ4n) is 4.75. The van der Waals surface area contributed by atoms with Gasteiger partial charge in [0.1, 0.15) is 6.04 Å². The Hall–Kier alpha value is -2.62. The number of nitrogens with one attached hydrogen (secondary N) is 2. The molecule has 34 heavy (non-hydrogen) atoms. The number of halogens is 3. The van der Waals surface area contributed by atoms with Crippen molar-refractivity contribution in [1.82, 2.24) is 20.4 Å². The monoisotopic (exact) mass is 482 g/mol. The lowest BCUT2D eigenvalue weighted by atomic mass is 9.88. The number of likely N-dealkylation sites (N-methyl/N-ethyl adjacent to an activating group) is 1. The summed E-state index contributed by atoms with van der Waals surface area (Å²) < 4.78 is 40.0. The summed E-state index contributed by atoms with van der Waals surface area (Å²) >= 11 is 0. The van der Waals surface area contributed by atoms with Crippen LogP contribution in [-0.4, -0.2) is 72.5 Å². The highest BCUT2D eigenvalue weighted by Crippen LogP contribution is 2.29. The first kappa shape index (κ1) is 26.0. The Morgan fingerprint density at radius 2 is 1.91 bits per heavy atom. The molecule has 0 saturated carbocycles. The van der Waals surface area contributed by atoms with Gasteiger partial charge < -0.3 is 20.4 Å². The molecule has 0 aromatic heterocycles. The summed E-state index contributed by atoms with van der Waals surface area (Å²) in [4.78, 5) is 40.3. The van der Waals surface area contributed by atoms with Gasteiger partial charge in [0.15, 0.2) is 0 Å². The Balaban J connectivity index is 1.73. The topological polar surface area (TPSA) is 81.8 Å². The number of benzene rings is 1. The Bertz CT molecular complexity index is 892. The largest absolute Gasteiger partial charge is 0.471 e. The summed E-state index contributed by atoms with van der Waals surface area (Å²) in [6.07, 6.45) is -1.25. The minimum Gasteiger partial charge on any atom is -0.348 e. The summed E-state index contributed by atoms with van der Waals surface area (Å²) in [5.41, 5.74) is 2.25.